The fourth-order valence-electron chi connectivity index (χ4n) is 1.86. The molecule has 0 saturated heterocycles. The highest BCUT2D eigenvalue weighted by Crippen LogP contribution is 2.18. The summed E-state index contributed by atoms with van der Waals surface area (Å²) in [6.45, 7) is -0.0376. The van der Waals surface area contributed by atoms with Gasteiger partial charge in [0.1, 0.15) is 0 Å². The Hall–Kier alpha value is -2.78. The average molecular weight is 291 g/mol. The molecule has 0 bridgehead atoms. The second-order valence-electron chi connectivity index (χ2n) is 4.36. The predicted octanol–water partition coefficient (Wildman–Crippen LogP) is -1.73. The summed E-state index contributed by atoms with van der Waals surface area (Å²) in [5.74, 6) is 8.37. The number of imide groups is 1. The Kier molecular flexibility index (Phi) is 3.96. The van der Waals surface area contributed by atoms with Crippen LogP contribution in [0.5, 0.6) is 0 Å². The van der Waals surface area contributed by atoms with Gasteiger partial charge in [-0.3, -0.25) is 34.9 Å². The van der Waals surface area contributed by atoms with E-state index in [2.05, 4.69) is 5.32 Å². The molecular formula is C12H13N5O4. The number of fused-ring (bicyclic) bond motifs is 1. The van der Waals surface area contributed by atoms with Gasteiger partial charge in [0, 0.05) is 18.5 Å². The third kappa shape index (κ3) is 2.88. The lowest BCUT2D eigenvalue weighted by molar-refractivity contribution is -0.121. The Balaban J connectivity index is 2.13. The Morgan fingerprint density at radius 3 is 2.52 bits per heavy atom. The van der Waals surface area contributed by atoms with Crippen LogP contribution in [0, 0.1) is 0 Å². The standard InChI is InChI=1S/C12H13N5O4/c13-16-9(18)3-4-17(14)12(21)6-1-2-7-8(5-6)11(20)15-10(7)19/h1-2,5H,3-4,13-14H2,(H,16,18)(H,15,19,20). The first-order chi connectivity index (χ1) is 9.93. The Morgan fingerprint density at radius 2 is 1.86 bits per heavy atom. The number of nitrogens with two attached hydrogens (primary N) is 2. The summed E-state index contributed by atoms with van der Waals surface area (Å²) >= 11 is 0. The maximum Gasteiger partial charge on any atom is 0.267 e. The van der Waals surface area contributed by atoms with Crippen molar-refractivity contribution in [1.82, 2.24) is 15.8 Å². The van der Waals surface area contributed by atoms with Crippen LogP contribution in [0.2, 0.25) is 0 Å². The number of nitrogens with zero attached hydrogens (tertiary/aromatic N) is 1. The summed E-state index contributed by atoms with van der Waals surface area (Å²) in [6, 6.07) is 4.06. The van der Waals surface area contributed by atoms with E-state index in [1.54, 1.807) is 0 Å². The molecule has 110 valence electrons. The van der Waals surface area contributed by atoms with Crippen molar-refractivity contribution >= 4 is 23.6 Å². The zero-order chi connectivity index (χ0) is 15.6. The number of benzene rings is 1. The maximum absolute atomic E-state index is 12.1. The zero-order valence-electron chi connectivity index (χ0n) is 10.9. The van der Waals surface area contributed by atoms with Crippen molar-refractivity contribution in [2.24, 2.45) is 11.7 Å². The first-order valence-corrected chi connectivity index (χ1v) is 5.99. The Bertz CT molecular complexity index is 643. The molecule has 1 aliphatic heterocycles. The SMILES string of the molecule is NNC(=O)CCN(N)C(=O)c1ccc2c(c1)C(=O)NC2=O. The first-order valence-electron chi connectivity index (χ1n) is 5.99. The topological polar surface area (TPSA) is 148 Å². The van der Waals surface area contributed by atoms with E-state index in [4.69, 9.17) is 11.7 Å². The molecule has 0 atom stereocenters. The number of amides is 4. The lowest BCUT2D eigenvalue weighted by Crippen LogP contribution is -2.41. The van der Waals surface area contributed by atoms with Gasteiger partial charge in [0.2, 0.25) is 5.91 Å². The molecule has 4 amide bonds. The Morgan fingerprint density at radius 1 is 1.19 bits per heavy atom. The number of hydrazine groups is 2. The van der Waals surface area contributed by atoms with Crippen LogP contribution < -0.4 is 22.4 Å². The molecule has 21 heavy (non-hydrogen) atoms. The van der Waals surface area contributed by atoms with E-state index >= 15 is 0 Å². The van der Waals surface area contributed by atoms with Crippen LogP contribution in [0.15, 0.2) is 18.2 Å². The normalized spacial score (nSPS) is 12.7. The molecule has 9 nitrogen and oxygen atoms in total. The van der Waals surface area contributed by atoms with Crippen molar-refractivity contribution in [3.63, 3.8) is 0 Å². The van der Waals surface area contributed by atoms with E-state index in [0.29, 0.717) is 0 Å². The Labute approximate surface area is 119 Å². The molecule has 0 radical (unpaired) electrons. The smallest absolute Gasteiger partial charge is 0.267 e. The molecule has 9 heteroatoms. The molecule has 0 unspecified atom stereocenters. The summed E-state index contributed by atoms with van der Waals surface area (Å²) in [6.07, 6.45) is -0.0529. The highest BCUT2D eigenvalue weighted by atomic mass is 16.2. The van der Waals surface area contributed by atoms with Crippen molar-refractivity contribution in [3.8, 4) is 0 Å². The predicted molar refractivity (Wildman–Crippen MR) is 70.4 cm³/mol. The van der Waals surface area contributed by atoms with Gasteiger partial charge in [0.25, 0.3) is 17.7 Å². The molecule has 1 aromatic rings. The van der Waals surface area contributed by atoms with E-state index in [1.807, 2.05) is 5.43 Å². The molecule has 0 saturated carbocycles. The van der Waals surface area contributed by atoms with Crippen LogP contribution in [0.4, 0.5) is 0 Å². The third-order valence-corrected chi connectivity index (χ3v) is 2.98. The minimum absolute atomic E-state index is 0.0376. The van der Waals surface area contributed by atoms with Gasteiger partial charge in [-0.15, -0.1) is 0 Å². The number of nitrogens with one attached hydrogen (secondary N) is 2. The van der Waals surface area contributed by atoms with Crippen molar-refractivity contribution in [3.05, 3.63) is 34.9 Å². The van der Waals surface area contributed by atoms with Gasteiger partial charge in [-0.2, -0.15) is 0 Å². The maximum atomic E-state index is 12.1. The number of carbonyl (C=O) groups excluding carboxylic acids is 4. The average Bonchev–Trinajstić information content (AvgIpc) is 2.78. The number of hydrogen-bond acceptors (Lipinski definition) is 6. The minimum atomic E-state index is -0.574. The van der Waals surface area contributed by atoms with Gasteiger partial charge in [0.15, 0.2) is 0 Å². The summed E-state index contributed by atoms with van der Waals surface area (Å²) in [5.41, 5.74) is 2.40. The van der Waals surface area contributed by atoms with E-state index < -0.39 is 23.6 Å². The van der Waals surface area contributed by atoms with Crippen LogP contribution in [0.25, 0.3) is 0 Å². The zero-order valence-corrected chi connectivity index (χ0v) is 10.9. The molecule has 0 aliphatic carbocycles. The second kappa shape index (κ2) is 5.69. The molecule has 1 aromatic carbocycles. The molecule has 0 aromatic heterocycles. The number of hydrogen-bond donors (Lipinski definition) is 4. The highest BCUT2D eigenvalue weighted by Gasteiger charge is 2.28. The fraction of sp³-hybridized carbons (Fsp3) is 0.167. The summed E-state index contributed by atoms with van der Waals surface area (Å²) in [5, 5.41) is 2.96. The van der Waals surface area contributed by atoms with Crippen LogP contribution in [0.3, 0.4) is 0 Å². The van der Waals surface area contributed by atoms with E-state index in [-0.39, 0.29) is 29.7 Å². The molecule has 1 aliphatic rings. The molecule has 0 fully saturated rings. The molecular weight excluding hydrogens is 278 g/mol. The molecule has 1 heterocycles. The van der Waals surface area contributed by atoms with Crippen LogP contribution >= 0.6 is 0 Å². The van der Waals surface area contributed by atoms with Gasteiger partial charge in [-0.05, 0) is 18.2 Å². The highest BCUT2D eigenvalue weighted by molar-refractivity contribution is 6.22. The van der Waals surface area contributed by atoms with Crippen LogP contribution in [-0.2, 0) is 4.79 Å². The van der Waals surface area contributed by atoms with Crippen LogP contribution in [-0.4, -0.2) is 35.2 Å². The van der Waals surface area contributed by atoms with Gasteiger partial charge in [0.05, 0.1) is 11.1 Å². The quantitative estimate of drug-likeness (QED) is 0.224. The lowest BCUT2D eigenvalue weighted by atomic mass is 10.1. The van der Waals surface area contributed by atoms with Gasteiger partial charge < -0.3 is 0 Å². The van der Waals surface area contributed by atoms with E-state index in [1.165, 1.54) is 18.2 Å². The third-order valence-electron chi connectivity index (χ3n) is 2.98. The first kappa shape index (κ1) is 14.6. The second-order valence-corrected chi connectivity index (χ2v) is 4.36. The van der Waals surface area contributed by atoms with Crippen molar-refractivity contribution in [1.29, 1.82) is 0 Å². The monoisotopic (exact) mass is 291 g/mol. The van der Waals surface area contributed by atoms with Gasteiger partial charge in [-0.1, -0.05) is 0 Å². The van der Waals surface area contributed by atoms with Crippen LogP contribution in [0.1, 0.15) is 37.5 Å². The van der Waals surface area contributed by atoms with Crippen molar-refractivity contribution < 1.29 is 19.2 Å². The fourth-order valence-corrected chi connectivity index (χ4v) is 1.86. The van der Waals surface area contributed by atoms with E-state index in [0.717, 1.165) is 5.01 Å². The van der Waals surface area contributed by atoms with Crippen molar-refractivity contribution in [2.75, 3.05) is 6.54 Å². The lowest BCUT2D eigenvalue weighted by Gasteiger charge is -2.16. The number of rotatable bonds is 4. The summed E-state index contributed by atoms with van der Waals surface area (Å²) < 4.78 is 0. The largest absolute Gasteiger partial charge is 0.294 e. The molecule has 6 N–H and O–H groups in total. The molecule has 2 rings (SSSR count). The molecule has 0 spiro atoms. The van der Waals surface area contributed by atoms with Gasteiger partial charge in [-0.25, -0.2) is 11.7 Å². The minimum Gasteiger partial charge on any atom is -0.294 e. The van der Waals surface area contributed by atoms with Gasteiger partial charge >= 0.3 is 0 Å². The van der Waals surface area contributed by atoms with E-state index in [9.17, 15) is 19.2 Å². The number of carbonyl (C=O) groups is 4. The van der Waals surface area contributed by atoms with Crippen molar-refractivity contribution in [2.45, 2.75) is 6.42 Å². The summed E-state index contributed by atoms with van der Waals surface area (Å²) in [4.78, 5) is 46.0. The summed E-state index contributed by atoms with van der Waals surface area (Å²) in [7, 11) is 0.